The van der Waals surface area contributed by atoms with E-state index in [1.807, 2.05) is 13.8 Å². The van der Waals surface area contributed by atoms with Gasteiger partial charge in [-0.15, -0.1) is 0 Å². The SMILES string of the molecule is CCCC[CH](P(=O)(OCC)OCC)[Sn]([c]1ccccc1)([c]1ccccc1)[c]1ccccc1. The van der Waals surface area contributed by atoms with Crippen molar-refractivity contribution in [2.75, 3.05) is 13.2 Å². The Labute approximate surface area is 197 Å². The molecule has 0 spiro atoms. The molecule has 32 heavy (non-hydrogen) atoms. The Bertz CT molecular complexity index is 873. The van der Waals surface area contributed by atoms with Gasteiger partial charge in [-0.05, 0) is 0 Å². The van der Waals surface area contributed by atoms with Crippen LogP contribution in [0.2, 0.25) is 0 Å². The third-order valence-electron chi connectivity index (χ3n) is 6.02. The first kappa shape index (κ1) is 25.2. The molecule has 0 N–H and O–H groups in total. The minimum absolute atomic E-state index is 0.163. The molecule has 1 unspecified atom stereocenters. The van der Waals surface area contributed by atoms with Gasteiger partial charge in [-0.3, -0.25) is 0 Å². The van der Waals surface area contributed by atoms with Crippen molar-refractivity contribution < 1.29 is 13.6 Å². The molecular formula is C27H35O3PSn. The molecule has 3 nitrogen and oxygen atoms in total. The van der Waals surface area contributed by atoms with Crippen molar-refractivity contribution in [3.05, 3.63) is 91.0 Å². The van der Waals surface area contributed by atoms with E-state index in [0.29, 0.717) is 13.2 Å². The van der Waals surface area contributed by atoms with Crippen LogP contribution in [0.1, 0.15) is 40.0 Å². The zero-order valence-electron chi connectivity index (χ0n) is 19.4. The summed E-state index contributed by atoms with van der Waals surface area (Å²) in [5.41, 5.74) is 0. The van der Waals surface area contributed by atoms with Crippen LogP contribution < -0.4 is 10.7 Å². The van der Waals surface area contributed by atoms with Crippen LogP contribution in [-0.4, -0.2) is 35.3 Å². The summed E-state index contributed by atoms with van der Waals surface area (Å²) in [4.78, 5) is 0. The summed E-state index contributed by atoms with van der Waals surface area (Å²) in [6, 6.07) is 32.2. The molecular weight excluding hydrogens is 522 g/mol. The molecule has 0 bridgehead atoms. The van der Waals surface area contributed by atoms with Crippen LogP contribution in [0.4, 0.5) is 0 Å². The number of hydrogen-bond acceptors (Lipinski definition) is 3. The third kappa shape index (κ3) is 5.22. The van der Waals surface area contributed by atoms with Crippen molar-refractivity contribution in [2.24, 2.45) is 0 Å². The molecule has 0 amide bonds. The molecule has 0 fully saturated rings. The van der Waals surface area contributed by atoms with E-state index in [9.17, 15) is 4.57 Å². The van der Waals surface area contributed by atoms with E-state index in [4.69, 9.17) is 9.05 Å². The predicted molar refractivity (Wildman–Crippen MR) is 138 cm³/mol. The molecule has 3 aromatic rings. The van der Waals surface area contributed by atoms with Gasteiger partial charge in [0.25, 0.3) is 0 Å². The number of hydrogen-bond donors (Lipinski definition) is 0. The molecule has 3 rings (SSSR count). The molecule has 0 heterocycles. The van der Waals surface area contributed by atoms with Gasteiger partial charge in [-0.25, -0.2) is 0 Å². The summed E-state index contributed by atoms with van der Waals surface area (Å²) in [6.45, 7) is 6.76. The summed E-state index contributed by atoms with van der Waals surface area (Å²) in [5.74, 6) is 0. The van der Waals surface area contributed by atoms with Crippen molar-refractivity contribution in [3.63, 3.8) is 0 Å². The van der Waals surface area contributed by atoms with Gasteiger partial charge in [-0.1, -0.05) is 0 Å². The van der Waals surface area contributed by atoms with Crippen molar-refractivity contribution in [2.45, 2.75) is 43.7 Å². The van der Waals surface area contributed by atoms with Crippen LogP contribution in [0.5, 0.6) is 0 Å². The Morgan fingerprint density at radius 1 is 0.688 bits per heavy atom. The standard InChI is InChI=1S/C9H20O3P.3C6H5.Sn/c1-4-7-8-9-13(10,11-5-2)12-6-3;3*1-2-4-6-5-3-1;/h9H,4-8H2,1-3H3;3*1-5H;. The fraction of sp³-hybridized carbons (Fsp3) is 0.333. The number of benzene rings is 3. The molecule has 0 aliphatic rings. The number of unbranched alkanes of at least 4 members (excludes halogenated alkanes) is 1. The maximum absolute atomic E-state index is 14.6. The van der Waals surface area contributed by atoms with Crippen LogP contribution in [0.3, 0.4) is 0 Å². The zero-order chi connectivity index (χ0) is 22.9. The molecule has 0 saturated heterocycles. The van der Waals surface area contributed by atoms with Gasteiger partial charge in [-0.2, -0.15) is 0 Å². The zero-order valence-corrected chi connectivity index (χ0v) is 23.2. The van der Waals surface area contributed by atoms with E-state index in [2.05, 4.69) is 97.9 Å². The van der Waals surface area contributed by atoms with Gasteiger partial charge >= 0.3 is 198 Å². The second-order valence-corrected chi connectivity index (χ2v) is 23.1. The molecule has 5 heteroatoms. The van der Waals surface area contributed by atoms with Gasteiger partial charge in [0, 0.05) is 0 Å². The maximum atomic E-state index is 14.6. The average molecular weight is 557 g/mol. The minimum atomic E-state index is -3.90. The second kappa shape index (κ2) is 12.2. The molecule has 170 valence electrons. The van der Waals surface area contributed by atoms with Crippen molar-refractivity contribution in [1.29, 1.82) is 0 Å². The van der Waals surface area contributed by atoms with Crippen LogP contribution in [0.25, 0.3) is 0 Å². The third-order valence-corrected chi connectivity index (χ3v) is 27.9. The monoisotopic (exact) mass is 558 g/mol. The molecule has 3 aromatic carbocycles. The molecule has 0 aliphatic heterocycles. The predicted octanol–water partition coefficient (Wildman–Crippen LogP) is 5.52. The average Bonchev–Trinajstić information content (AvgIpc) is 2.84. The van der Waals surface area contributed by atoms with Gasteiger partial charge in [0.1, 0.15) is 0 Å². The van der Waals surface area contributed by atoms with E-state index < -0.39 is 26.0 Å². The Morgan fingerprint density at radius 2 is 1.06 bits per heavy atom. The second-order valence-electron chi connectivity index (χ2n) is 7.94. The van der Waals surface area contributed by atoms with Crippen LogP contribution in [0, 0.1) is 0 Å². The summed E-state index contributed by atoms with van der Waals surface area (Å²) < 4.78 is 30.5. The fourth-order valence-electron chi connectivity index (χ4n) is 4.77. The summed E-state index contributed by atoms with van der Waals surface area (Å²) in [6.07, 6.45) is 2.84. The van der Waals surface area contributed by atoms with Crippen LogP contribution in [-0.2, 0) is 13.6 Å². The first-order valence-corrected chi connectivity index (χ1v) is 19.2. The van der Waals surface area contributed by atoms with Crippen molar-refractivity contribution in [1.82, 2.24) is 0 Å². The molecule has 0 saturated carbocycles. The quantitative estimate of drug-likeness (QED) is 0.218. The van der Waals surface area contributed by atoms with Gasteiger partial charge in [0.2, 0.25) is 0 Å². The first-order chi connectivity index (χ1) is 15.6. The first-order valence-electron chi connectivity index (χ1n) is 11.7. The summed E-state index contributed by atoms with van der Waals surface area (Å²) in [5, 5.41) is 0. The van der Waals surface area contributed by atoms with Crippen molar-refractivity contribution in [3.8, 4) is 0 Å². The van der Waals surface area contributed by atoms with Gasteiger partial charge in [0.15, 0.2) is 0 Å². The summed E-state index contributed by atoms with van der Waals surface area (Å²) in [7, 11) is -3.38. The number of rotatable bonds is 12. The normalized spacial score (nSPS) is 13.1. The Kier molecular flexibility index (Phi) is 9.60. The van der Waals surface area contributed by atoms with Crippen LogP contribution >= 0.6 is 7.60 Å². The van der Waals surface area contributed by atoms with E-state index in [0.717, 1.165) is 19.3 Å². The van der Waals surface area contributed by atoms with Crippen LogP contribution in [0.15, 0.2) is 91.0 Å². The van der Waals surface area contributed by atoms with E-state index in [-0.39, 0.29) is 3.67 Å². The summed E-state index contributed by atoms with van der Waals surface area (Å²) >= 11 is -3.90. The van der Waals surface area contributed by atoms with Crippen molar-refractivity contribution >= 4 is 36.7 Å². The fourth-order valence-corrected chi connectivity index (χ4v) is 29.3. The molecule has 0 aliphatic carbocycles. The molecule has 1 atom stereocenters. The topological polar surface area (TPSA) is 35.5 Å². The molecule has 0 radical (unpaired) electrons. The van der Waals surface area contributed by atoms with E-state index >= 15 is 0 Å². The Balaban J connectivity index is 2.43. The Hall–Kier alpha value is -1.39. The molecule has 0 aromatic heterocycles. The van der Waals surface area contributed by atoms with E-state index in [1.54, 1.807) is 0 Å². The Morgan fingerprint density at radius 3 is 1.38 bits per heavy atom. The van der Waals surface area contributed by atoms with E-state index in [1.165, 1.54) is 10.7 Å². The van der Waals surface area contributed by atoms with Gasteiger partial charge in [0.05, 0.1) is 0 Å². The van der Waals surface area contributed by atoms with Gasteiger partial charge < -0.3 is 0 Å².